The van der Waals surface area contributed by atoms with Crippen molar-refractivity contribution < 1.29 is 22.6 Å². The van der Waals surface area contributed by atoms with Crippen molar-refractivity contribution in [3.8, 4) is 0 Å². The Hall–Kier alpha value is -0.785. The molecule has 3 nitrogen and oxygen atoms in total. The van der Waals surface area contributed by atoms with Gasteiger partial charge in [0.2, 0.25) is 0 Å². The lowest BCUT2D eigenvalue weighted by atomic mass is 10.3. The molecule has 0 fully saturated rings. The van der Waals surface area contributed by atoms with E-state index in [2.05, 4.69) is 0 Å². The minimum Gasteiger partial charge on any atom is -0.418 e. The van der Waals surface area contributed by atoms with E-state index >= 15 is 0 Å². The van der Waals surface area contributed by atoms with Crippen molar-refractivity contribution in [1.82, 2.24) is 0 Å². The number of nitrogens with one attached hydrogen (secondary N) is 1. The van der Waals surface area contributed by atoms with Crippen LogP contribution in [0.1, 0.15) is 6.92 Å². The molecule has 5 N–H and O–H groups in total. The lowest BCUT2D eigenvalue weighted by molar-refractivity contribution is -0.538. The van der Waals surface area contributed by atoms with E-state index < -0.39 is 7.25 Å². The Morgan fingerprint density at radius 2 is 1.73 bits per heavy atom. The lowest BCUT2D eigenvalue weighted by Crippen LogP contribution is -2.89. The van der Waals surface area contributed by atoms with Crippen LogP contribution in [-0.2, 0) is 0 Å². The second-order valence-electron chi connectivity index (χ2n) is 1.56. The number of hydrogen-bond acceptors (Lipinski definition) is 1. The van der Waals surface area contributed by atoms with Gasteiger partial charge < -0.3 is 23.0 Å². The SMILES string of the molecule is CC[NH2+]C(=N)N.F[B-](F)(F)F. The molecule has 0 aliphatic rings. The number of nitrogens with two attached hydrogens (primary N) is 2. The van der Waals surface area contributed by atoms with Crippen LogP contribution in [0.2, 0.25) is 0 Å². The number of rotatable bonds is 1. The first kappa shape index (κ1) is 12.9. The fraction of sp³-hybridized carbons (Fsp3) is 0.667. The number of hydrogen-bond donors (Lipinski definition) is 3. The molecule has 0 spiro atoms. The van der Waals surface area contributed by atoms with Gasteiger partial charge in [-0.05, 0) is 6.92 Å². The zero-order valence-corrected chi connectivity index (χ0v) is 5.95. The fourth-order valence-electron chi connectivity index (χ4n) is 0.220. The van der Waals surface area contributed by atoms with E-state index in [0.717, 1.165) is 6.54 Å². The molecule has 0 bridgehead atoms. The molecular weight excluding hydrogens is 165 g/mol. The summed E-state index contributed by atoms with van der Waals surface area (Å²) in [4.78, 5) is 0. The van der Waals surface area contributed by atoms with Crippen molar-refractivity contribution in [3.05, 3.63) is 0 Å². The second-order valence-corrected chi connectivity index (χ2v) is 1.56. The van der Waals surface area contributed by atoms with Crippen LogP contribution in [0.3, 0.4) is 0 Å². The van der Waals surface area contributed by atoms with Gasteiger partial charge in [-0.2, -0.15) is 0 Å². The fourth-order valence-corrected chi connectivity index (χ4v) is 0.220. The van der Waals surface area contributed by atoms with Gasteiger partial charge in [-0.1, -0.05) is 0 Å². The third-order valence-electron chi connectivity index (χ3n) is 0.424. The Bertz CT molecular complexity index is 108. The molecule has 0 saturated heterocycles. The van der Waals surface area contributed by atoms with Crippen molar-refractivity contribution in [1.29, 1.82) is 5.41 Å². The highest BCUT2D eigenvalue weighted by molar-refractivity contribution is 6.50. The maximum atomic E-state index is 9.75. The van der Waals surface area contributed by atoms with Gasteiger partial charge in [0.1, 0.15) is 0 Å². The molecule has 0 aromatic rings. The quantitative estimate of drug-likeness (QED) is 0.219. The number of halogens is 4. The van der Waals surface area contributed by atoms with E-state index in [1.54, 1.807) is 5.32 Å². The van der Waals surface area contributed by atoms with Crippen LogP contribution in [0, 0.1) is 5.41 Å². The molecule has 68 valence electrons. The number of guanidine groups is 1. The molecule has 11 heavy (non-hydrogen) atoms. The number of quaternary nitrogens is 1. The van der Waals surface area contributed by atoms with Gasteiger partial charge in [0, 0.05) is 0 Å². The average molecular weight is 175 g/mol. The highest BCUT2D eigenvalue weighted by Gasteiger charge is 2.20. The van der Waals surface area contributed by atoms with Crippen molar-refractivity contribution in [2.75, 3.05) is 6.54 Å². The zero-order chi connectivity index (χ0) is 9.49. The first-order valence-electron chi connectivity index (χ1n) is 2.82. The molecule has 0 aliphatic carbocycles. The third-order valence-corrected chi connectivity index (χ3v) is 0.424. The molecule has 0 rings (SSSR count). The summed E-state index contributed by atoms with van der Waals surface area (Å²) in [5.74, 6) is 0.164. The molecule has 0 heterocycles. The van der Waals surface area contributed by atoms with Gasteiger partial charge in [0.15, 0.2) is 0 Å². The average Bonchev–Trinajstić information content (AvgIpc) is 1.58. The Labute approximate surface area is 61.6 Å². The van der Waals surface area contributed by atoms with Gasteiger partial charge in [-0.25, -0.2) is 5.41 Å². The van der Waals surface area contributed by atoms with Gasteiger partial charge in [0.25, 0.3) is 5.96 Å². The first-order chi connectivity index (χ1) is 4.77. The maximum Gasteiger partial charge on any atom is 0.673 e. The molecule has 0 aromatic carbocycles. The Kier molecular flexibility index (Phi) is 6.96. The Balaban J connectivity index is 0. The molecular formula is C3H10BF4N3. The van der Waals surface area contributed by atoms with Crippen molar-refractivity contribution in [2.45, 2.75) is 6.92 Å². The van der Waals surface area contributed by atoms with E-state index in [-0.39, 0.29) is 5.96 Å². The molecule has 0 atom stereocenters. The predicted octanol–water partition coefficient (Wildman–Crippen LogP) is -0.237. The van der Waals surface area contributed by atoms with Crippen LogP contribution in [0.4, 0.5) is 17.3 Å². The summed E-state index contributed by atoms with van der Waals surface area (Å²) in [6, 6.07) is 0. The van der Waals surface area contributed by atoms with Crippen LogP contribution in [0.5, 0.6) is 0 Å². The van der Waals surface area contributed by atoms with Gasteiger partial charge >= 0.3 is 7.25 Å². The smallest absolute Gasteiger partial charge is 0.418 e. The van der Waals surface area contributed by atoms with E-state index in [4.69, 9.17) is 11.1 Å². The van der Waals surface area contributed by atoms with Crippen LogP contribution >= 0.6 is 0 Å². The molecule has 0 aromatic heterocycles. The summed E-state index contributed by atoms with van der Waals surface area (Å²) >= 11 is 0. The van der Waals surface area contributed by atoms with Crippen LogP contribution in [0.25, 0.3) is 0 Å². The normalized spacial score (nSPS) is 9.91. The van der Waals surface area contributed by atoms with E-state index in [1.807, 2.05) is 6.92 Å². The van der Waals surface area contributed by atoms with Gasteiger partial charge in [-0.15, -0.1) is 0 Å². The molecule has 0 unspecified atom stereocenters. The Morgan fingerprint density at radius 3 is 1.73 bits per heavy atom. The van der Waals surface area contributed by atoms with Gasteiger partial charge in [-0.3, -0.25) is 5.32 Å². The van der Waals surface area contributed by atoms with Crippen LogP contribution in [-0.4, -0.2) is 19.8 Å². The van der Waals surface area contributed by atoms with Crippen molar-refractivity contribution >= 4 is 13.2 Å². The van der Waals surface area contributed by atoms with Crippen LogP contribution in [0.15, 0.2) is 0 Å². The van der Waals surface area contributed by atoms with Crippen molar-refractivity contribution in [2.24, 2.45) is 5.73 Å². The molecule has 0 saturated carbocycles. The standard InChI is InChI=1S/C3H9N3.BF4/c1-2-6-3(4)5;2-1(3,4)5/h2H2,1H3,(H4,4,5,6);/q;-1/p+1. The minimum atomic E-state index is -6.00. The largest absolute Gasteiger partial charge is 0.673 e. The monoisotopic (exact) mass is 175 g/mol. The molecule has 0 radical (unpaired) electrons. The topological polar surface area (TPSA) is 66.5 Å². The van der Waals surface area contributed by atoms with E-state index in [0.29, 0.717) is 0 Å². The lowest BCUT2D eigenvalue weighted by Gasteiger charge is -1.94. The second kappa shape index (κ2) is 5.96. The highest BCUT2D eigenvalue weighted by atomic mass is 19.5. The molecule has 0 amide bonds. The zero-order valence-electron chi connectivity index (χ0n) is 5.95. The predicted molar refractivity (Wildman–Crippen MR) is 34.6 cm³/mol. The summed E-state index contributed by atoms with van der Waals surface area (Å²) in [5.41, 5.74) is 4.93. The maximum absolute atomic E-state index is 9.75. The Morgan fingerprint density at radius 1 is 1.45 bits per heavy atom. The van der Waals surface area contributed by atoms with E-state index in [1.165, 1.54) is 0 Å². The van der Waals surface area contributed by atoms with Crippen molar-refractivity contribution in [3.63, 3.8) is 0 Å². The first-order valence-corrected chi connectivity index (χ1v) is 2.82. The summed E-state index contributed by atoms with van der Waals surface area (Å²) in [6.07, 6.45) is 0. The molecule has 0 aliphatic heterocycles. The van der Waals surface area contributed by atoms with Crippen LogP contribution < -0.4 is 11.1 Å². The summed E-state index contributed by atoms with van der Waals surface area (Å²) in [7, 11) is -6.00. The summed E-state index contributed by atoms with van der Waals surface area (Å²) in [6.45, 7) is 2.80. The third kappa shape index (κ3) is 97.8. The van der Waals surface area contributed by atoms with Gasteiger partial charge in [0.05, 0.1) is 6.54 Å². The summed E-state index contributed by atoms with van der Waals surface area (Å²) in [5, 5.41) is 8.27. The highest BCUT2D eigenvalue weighted by Crippen LogP contribution is 2.06. The van der Waals surface area contributed by atoms with E-state index in [9.17, 15) is 17.3 Å². The molecule has 8 heteroatoms. The summed E-state index contributed by atoms with van der Waals surface area (Å²) < 4.78 is 39.0. The minimum absolute atomic E-state index is 0.164.